The quantitative estimate of drug-likeness (QED) is 0.749. The third kappa shape index (κ3) is 4.67. The molecule has 28 heavy (non-hydrogen) atoms. The Labute approximate surface area is 162 Å². The maximum Gasteiger partial charge on any atom is 0.305 e. The summed E-state index contributed by atoms with van der Waals surface area (Å²) >= 11 is 0. The normalized spacial score (nSPS) is 32.0. The number of amides is 1. The number of hydrogen-bond donors (Lipinski definition) is 1. The van der Waals surface area contributed by atoms with E-state index >= 15 is 0 Å². The first-order chi connectivity index (χ1) is 13.3. The number of benzene rings is 1. The lowest BCUT2D eigenvalue weighted by Crippen LogP contribution is -2.67. The summed E-state index contributed by atoms with van der Waals surface area (Å²) in [4.78, 5) is 34.9. The van der Waals surface area contributed by atoms with Gasteiger partial charge in [0.2, 0.25) is 12.2 Å². The maximum atomic E-state index is 11.7. The average molecular weight is 393 g/mol. The molecule has 1 aromatic carbocycles. The van der Waals surface area contributed by atoms with Gasteiger partial charge in [-0.05, 0) is 0 Å². The van der Waals surface area contributed by atoms with Gasteiger partial charge in [0, 0.05) is 26.3 Å². The van der Waals surface area contributed by atoms with E-state index in [4.69, 9.17) is 23.7 Å². The molecule has 2 fully saturated rings. The van der Waals surface area contributed by atoms with Crippen molar-refractivity contribution in [3.05, 3.63) is 35.9 Å². The topological polar surface area (TPSA) is 109 Å². The Hall–Kier alpha value is -2.49. The first-order valence-electron chi connectivity index (χ1n) is 8.94. The molecule has 1 N–H and O–H groups in total. The van der Waals surface area contributed by atoms with E-state index in [0.29, 0.717) is 0 Å². The Kier molecular flexibility index (Phi) is 6.28. The van der Waals surface area contributed by atoms with E-state index in [1.165, 1.54) is 20.8 Å². The van der Waals surface area contributed by atoms with E-state index in [-0.39, 0.29) is 6.61 Å². The van der Waals surface area contributed by atoms with Crippen LogP contribution < -0.4 is 5.32 Å². The summed E-state index contributed by atoms with van der Waals surface area (Å²) in [6.07, 6.45) is -4.15. The summed E-state index contributed by atoms with van der Waals surface area (Å²) in [5, 5.41) is 2.64. The molecule has 3 rings (SSSR count). The van der Waals surface area contributed by atoms with Crippen LogP contribution in [0.2, 0.25) is 0 Å². The van der Waals surface area contributed by atoms with Gasteiger partial charge in [0.1, 0.15) is 18.2 Å². The number of fused-ring (bicyclic) bond motifs is 1. The van der Waals surface area contributed by atoms with E-state index in [9.17, 15) is 14.4 Å². The Morgan fingerprint density at radius 1 is 1.00 bits per heavy atom. The first-order valence-corrected chi connectivity index (χ1v) is 8.94. The van der Waals surface area contributed by atoms with Crippen LogP contribution in [-0.4, -0.2) is 55.1 Å². The molecule has 1 amide bonds. The van der Waals surface area contributed by atoms with Gasteiger partial charge in [-0.1, -0.05) is 30.3 Å². The minimum Gasteiger partial charge on any atom is -0.457 e. The van der Waals surface area contributed by atoms with Gasteiger partial charge in [0.15, 0.2) is 12.4 Å². The molecule has 1 aromatic rings. The lowest BCUT2D eigenvalue weighted by atomic mass is 9.95. The van der Waals surface area contributed by atoms with Crippen LogP contribution in [0.3, 0.4) is 0 Å². The number of hydrogen-bond acceptors (Lipinski definition) is 8. The standard InChI is InChI=1S/C19H23NO8/c1-10(21)20-15-17(25-11(2)22)16-14(27-19(15)26-12(3)23)9-24-18(28-16)13-7-5-4-6-8-13/h4-8,14-19H,9H2,1-3H3,(H,20,21)/t14-,15-,16-,17-,18-,19-/m1/s1. The van der Waals surface area contributed by atoms with E-state index in [2.05, 4.69) is 5.32 Å². The molecule has 0 spiro atoms. The highest BCUT2D eigenvalue weighted by molar-refractivity contribution is 5.73. The van der Waals surface area contributed by atoms with Gasteiger partial charge >= 0.3 is 11.9 Å². The monoisotopic (exact) mass is 393 g/mol. The molecule has 0 aliphatic carbocycles. The van der Waals surface area contributed by atoms with E-state index in [1.807, 2.05) is 30.3 Å². The minimum absolute atomic E-state index is 0.131. The molecule has 152 valence electrons. The van der Waals surface area contributed by atoms with Crippen molar-refractivity contribution in [1.82, 2.24) is 5.32 Å². The summed E-state index contributed by atoms with van der Waals surface area (Å²) in [5.74, 6) is -1.55. The van der Waals surface area contributed by atoms with Crippen molar-refractivity contribution in [2.24, 2.45) is 0 Å². The molecule has 2 aliphatic rings. The van der Waals surface area contributed by atoms with Crippen LogP contribution in [0.15, 0.2) is 30.3 Å². The maximum absolute atomic E-state index is 11.7. The van der Waals surface area contributed by atoms with Crippen LogP contribution in [0.5, 0.6) is 0 Å². The predicted octanol–water partition coefficient (Wildman–Crippen LogP) is 0.825. The number of carbonyl (C=O) groups excluding carboxylic acids is 3. The fourth-order valence-corrected chi connectivity index (χ4v) is 3.34. The number of ether oxygens (including phenoxy) is 5. The fraction of sp³-hybridized carbons (Fsp3) is 0.526. The lowest BCUT2D eigenvalue weighted by Gasteiger charge is -2.48. The highest BCUT2D eigenvalue weighted by Crippen LogP contribution is 2.35. The van der Waals surface area contributed by atoms with Gasteiger partial charge in [-0.25, -0.2) is 0 Å². The zero-order valence-electron chi connectivity index (χ0n) is 15.8. The smallest absolute Gasteiger partial charge is 0.305 e. The van der Waals surface area contributed by atoms with Crippen LogP contribution in [0.4, 0.5) is 0 Å². The first kappa shape index (κ1) is 20.2. The van der Waals surface area contributed by atoms with Crippen molar-refractivity contribution in [3.8, 4) is 0 Å². The van der Waals surface area contributed by atoms with Crippen molar-refractivity contribution in [2.45, 2.75) is 57.7 Å². The zero-order valence-corrected chi connectivity index (χ0v) is 15.8. The fourth-order valence-electron chi connectivity index (χ4n) is 3.34. The van der Waals surface area contributed by atoms with Gasteiger partial charge < -0.3 is 29.0 Å². The highest BCUT2D eigenvalue weighted by atomic mass is 16.8. The van der Waals surface area contributed by atoms with Crippen molar-refractivity contribution in [2.75, 3.05) is 6.61 Å². The number of nitrogens with one attached hydrogen (secondary N) is 1. The second kappa shape index (κ2) is 8.68. The summed E-state index contributed by atoms with van der Waals surface area (Å²) in [7, 11) is 0. The largest absolute Gasteiger partial charge is 0.457 e. The van der Waals surface area contributed by atoms with Gasteiger partial charge in [0.25, 0.3) is 0 Å². The summed E-state index contributed by atoms with van der Waals surface area (Å²) in [5.41, 5.74) is 0.792. The number of esters is 2. The second-order valence-electron chi connectivity index (χ2n) is 6.63. The van der Waals surface area contributed by atoms with Crippen molar-refractivity contribution in [1.29, 1.82) is 0 Å². The molecule has 2 aliphatic heterocycles. The van der Waals surface area contributed by atoms with Gasteiger partial charge in [-0.15, -0.1) is 0 Å². The van der Waals surface area contributed by atoms with E-state index < -0.39 is 54.8 Å². The summed E-state index contributed by atoms with van der Waals surface area (Å²) in [6.45, 7) is 3.91. The number of carbonyl (C=O) groups is 3. The molecule has 2 heterocycles. The lowest BCUT2D eigenvalue weighted by molar-refractivity contribution is -0.339. The van der Waals surface area contributed by atoms with Crippen LogP contribution >= 0.6 is 0 Å². The molecular formula is C19H23NO8. The summed E-state index contributed by atoms with van der Waals surface area (Å²) < 4.78 is 28.3. The molecule has 0 aromatic heterocycles. The Bertz CT molecular complexity index is 724. The second-order valence-corrected chi connectivity index (χ2v) is 6.63. The molecule has 0 bridgehead atoms. The van der Waals surface area contributed by atoms with Crippen LogP contribution in [0.1, 0.15) is 32.6 Å². The van der Waals surface area contributed by atoms with Gasteiger partial charge in [0.05, 0.1) is 6.61 Å². The third-order valence-electron chi connectivity index (χ3n) is 4.36. The average Bonchev–Trinajstić information content (AvgIpc) is 2.64. The van der Waals surface area contributed by atoms with Crippen LogP contribution in [-0.2, 0) is 38.1 Å². The third-order valence-corrected chi connectivity index (χ3v) is 4.36. The summed E-state index contributed by atoms with van der Waals surface area (Å²) in [6, 6.07) is 8.35. The SMILES string of the molecule is CC(=O)N[C@H]1[C@H](OC(C)=O)O[C@@H]2CO[C@@H](c3ccccc3)O[C@H]2[C@@H]1OC(C)=O. The predicted molar refractivity (Wildman–Crippen MR) is 93.6 cm³/mol. The van der Waals surface area contributed by atoms with E-state index in [1.54, 1.807) is 0 Å². The van der Waals surface area contributed by atoms with Gasteiger partial charge in [-0.2, -0.15) is 0 Å². The zero-order chi connectivity index (χ0) is 20.3. The molecule has 0 unspecified atom stereocenters. The minimum atomic E-state index is -1.15. The van der Waals surface area contributed by atoms with Crippen LogP contribution in [0.25, 0.3) is 0 Å². The highest BCUT2D eigenvalue weighted by Gasteiger charge is 2.53. The molecule has 9 nitrogen and oxygen atoms in total. The van der Waals surface area contributed by atoms with E-state index in [0.717, 1.165) is 5.56 Å². The molecule has 0 radical (unpaired) electrons. The molecule has 2 saturated heterocycles. The van der Waals surface area contributed by atoms with Crippen molar-refractivity contribution >= 4 is 17.8 Å². The Morgan fingerprint density at radius 2 is 1.68 bits per heavy atom. The molecule has 6 atom stereocenters. The molecule has 9 heteroatoms. The Morgan fingerprint density at radius 3 is 2.29 bits per heavy atom. The molecular weight excluding hydrogens is 370 g/mol. The molecule has 0 saturated carbocycles. The van der Waals surface area contributed by atoms with Gasteiger partial charge in [-0.3, -0.25) is 14.4 Å². The Balaban J connectivity index is 1.88. The van der Waals surface area contributed by atoms with Crippen molar-refractivity contribution in [3.63, 3.8) is 0 Å². The number of rotatable bonds is 4. The van der Waals surface area contributed by atoms with Crippen LogP contribution in [0, 0.1) is 0 Å². The van der Waals surface area contributed by atoms with Crippen molar-refractivity contribution < 1.29 is 38.1 Å².